The van der Waals surface area contributed by atoms with Crippen molar-refractivity contribution in [2.45, 2.75) is 40.2 Å². The van der Waals surface area contributed by atoms with E-state index >= 15 is 0 Å². The van der Waals surface area contributed by atoms with Crippen molar-refractivity contribution in [3.8, 4) is 0 Å². The quantitative estimate of drug-likeness (QED) is 0.720. The van der Waals surface area contributed by atoms with Gasteiger partial charge in [0.25, 0.3) is 0 Å². The van der Waals surface area contributed by atoms with E-state index < -0.39 is 0 Å². The van der Waals surface area contributed by atoms with Crippen LogP contribution in [-0.2, 0) is 9.53 Å². The highest BCUT2D eigenvalue weighted by Crippen LogP contribution is 2.21. The summed E-state index contributed by atoms with van der Waals surface area (Å²) in [5, 5.41) is 0. The molecule has 0 bridgehead atoms. The molecule has 0 aliphatic rings. The van der Waals surface area contributed by atoms with Crippen LogP contribution >= 0.6 is 0 Å². The lowest BCUT2D eigenvalue weighted by Gasteiger charge is -2.20. The molecule has 0 spiro atoms. The van der Waals surface area contributed by atoms with E-state index in [1.165, 1.54) is 0 Å². The fraction of sp³-hybridized carbons (Fsp3) is 0.533. The Morgan fingerprint density at radius 2 is 1.76 bits per heavy atom. The van der Waals surface area contributed by atoms with Gasteiger partial charge in [-0.3, -0.25) is 4.79 Å². The number of esters is 1. The predicted octanol–water partition coefficient (Wildman–Crippen LogP) is 3.97. The van der Waals surface area contributed by atoms with Gasteiger partial charge >= 0.3 is 5.97 Å². The van der Waals surface area contributed by atoms with Gasteiger partial charge in [0.15, 0.2) is 0 Å². The summed E-state index contributed by atoms with van der Waals surface area (Å²) in [5.41, 5.74) is 1.04. The highest BCUT2D eigenvalue weighted by Gasteiger charge is 2.22. The standard InChI is InChI=1S/C15H22O2/c1-5-11(2)12(3)15(16)17-13(4)14-9-7-6-8-10-14/h6-13H,5H2,1-4H3. The van der Waals surface area contributed by atoms with Crippen molar-refractivity contribution in [2.24, 2.45) is 11.8 Å². The first-order valence-corrected chi connectivity index (χ1v) is 6.31. The Balaban J connectivity index is 2.57. The van der Waals surface area contributed by atoms with Crippen LogP contribution in [0.5, 0.6) is 0 Å². The monoisotopic (exact) mass is 234 g/mol. The number of benzene rings is 1. The molecule has 0 saturated carbocycles. The Morgan fingerprint density at radius 1 is 1.18 bits per heavy atom. The number of carbonyl (C=O) groups excluding carboxylic acids is 1. The topological polar surface area (TPSA) is 26.3 Å². The van der Waals surface area contributed by atoms with Gasteiger partial charge in [-0.15, -0.1) is 0 Å². The van der Waals surface area contributed by atoms with E-state index in [4.69, 9.17) is 4.74 Å². The third-order valence-corrected chi connectivity index (χ3v) is 3.43. The van der Waals surface area contributed by atoms with Crippen LogP contribution in [0.25, 0.3) is 0 Å². The summed E-state index contributed by atoms with van der Waals surface area (Å²) < 4.78 is 5.48. The maximum absolute atomic E-state index is 11.9. The highest BCUT2D eigenvalue weighted by atomic mass is 16.5. The summed E-state index contributed by atoms with van der Waals surface area (Å²) in [4.78, 5) is 11.9. The normalized spacial score (nSPS) is 16.0. The molecule has 0 saturated heterocycles. The average Bonchev–Trinajstić information content (AvgIpc) is 2.37. The average molecular weight is 234 g/mol. The lowest BCUT2D eigenvalue weighted by atomic mass is 9.94. The molecule has 0 heterocycles. The maximum atomic E-state index is 11.9. The molecular weight excluding hydrogens is 212 g/mol. The molecule has 94 valence electrons. The van der Waals surface area contributed by atoms with E-state index in [-0.39, 0.29) is 18.0 Å². The van der Waals surface area contributed by atoms with Crippen molar-refractivity contribution in [3.63, 3.8) is 0 Å². The van der Waals surface area contributed by atoms with Crippen LogP contribution in [0.1, 0.15) is 45.8 Å². The van der Waals surface area contributed by atoms with Crippen molar-refractivity contribution in [3.05, 3.63) is 35.9 Å². The SMILES string of the molecule is CCC(C)C(C)C(=O)OC(C)c1ccccc1. The largest absolute Gasteiger partial charge is 0.458 e. The van der Waals surface area contributed by atoms with Crippen molar-refractivity contribution < 1.29 is 9.53 Å². The molecule has 0 aliphatic heterocycles. The first-order chi connectivity index (χ1) is 8.06. The molecule has 2 heteroatoms. The van der Waals surface area contributed by atoms with Crippen LogP contribution in [-0.4, -0.2) is 5.97 Å². The molecule has 0 aromatic heterocycles. The molecule has 0 amide bonds. The second-order valence-electron chi connectivity index (χ2n) is 4.66. The Morgan fingerprint density at radius 3 is 2.29 bits per heavy atom. The van der Waals surface area contributed by atoms with Gasteiger partial charge in [-0.05, 0) is 18.4 Å². The van der Waals surface area contributed by atoms with Gasteiger partial charge < -0.3 is 4.74 Å². The van der Waals surface area contributed by atoms with Crippen LogP contribution in [0.2, 0.25) is 0 Å². The number of hydrogen-bond donors (Lipinski definition) is 0. The van der Waals surface area contributed by atoms with Crippen LogP contribution in [0.4, 0.5) is 0 Å². The molecule has 0 aliphatic carbocycles. The molecule has 0 N–H and O–H groups in total. The summed E-state index contributed by atoms with van der Waals surface area (Å²) in [7, 11) is 0. The second kappa shape index (κ2) is 6.43. The Bertz CT molecular complexity index is 345. The Kier molecular flexibility index (Phi) is 5.20. The van der Waals surface area contributed by atoms with Crippen molar-refractivity contribution in [1.29, 1.82) is 0 Å². The lowest BCUT2D eigenvalue weighted by molar-refractivity contribution is -0.154. The lowest BCUT2D eigenvalue weighted by Crippen LogP contribution is -2.22. The molecule has 1 rings (SSSR count). The number of ether oxygens (including phenoxy) is 1. The van der Waals surface area contributed by atoms with E-state index in [2.05, 4.69) is 13.8 Å². The maximum Gasteiger partial charge on any atom is 0.309 e. The number of hydrogen-bond acceptors (Lipinski definition) is 2. The summed E-state index contributed by atoms with van der Waals surface area (Å²) >= 11 is 0. The first kappa shape index (κ1) is 13.8. The molecule has 1 aromatic rings. The zero-order valence-electron chi connectivity index (χ0n) is 11.1. The van der Waals surface area contributed by atoms with Gasteiger partial charge in [0.05, 0.1) is 5.92 Å². The number of rotatable bonds is 5. The summed E-state index contributed by atoms with van der Waals surface area (Å²) in [6.45, 7) is 8.03. The van der Waals surface area contributed by atoms with E-state index in [9.17, 15) is 4.79 Å². The Hall–Kier alpha value is -1.31. The third-order valence-electron chi connectivity index (χ3n) is 3.43. The van der Waals surface area contributed by atoms with Crippen LogP contribution in [0.15, 0.2) is 30.3 Å². The zero-order chi connectivity index (χ0) is 12.8. The molecule has 3 atom stereocenters. The first-order valence-electron chi connectivity index (χ1n) is 6.31. The van der Waals surface area contributed by atoms with E-state index in [0.29, 0.717) is 5.92 Å². The van der Waals surface area contributed by atoms with E-state index in [1.54, 1.807) is 0 Å². The minimum atomic E-state index is -0.171. The van der Waals surface area contributed by atoms with E-state index in [0.717, 1.165) is 12.0 Å². The summed E-state index contributed by atoms with van der Waals surface area (Å²) in [5.74, 6) is 0.229. The smallest absolute Gasteiger partial charge is 0.309 e. The predicted molar refractivity (Wildman–Crippen MR) is 69.6 cm³/mol. The summed E-state index contributed by atoms with van der Waals surface area (Å²) in [6, 6.07) is 9.83. The number of carbonyl (C=O) groups is 1. The van der Waals surface area contributed by atoms with Crippen molar-refractivity contribution >= 4 is 5.97 Å². The molecule has 2 nitrogen and oxygen atoms in total. The summed E-state index contributed by atoms with van der Waals surface area (Å²) in [6.07, 6.45) is 0.825. The van der Waals surface area contributed by atoms with Crippen LogP contribution in [0.3, 0.4) is 0 Å². The van der Waals surface area contributed by atoms with Gasteiger partial charge in [0.1, 0.15) is 6.10 Å². The molecule has 0 fully saturated rings. The van der Waals surface area contributed by atoms with Gasteiger partial charge in [0, 0.05) is 0 Å². The molecule has 1 aromatic carbocycles. The zero-order valence-corrected chi connectivity index (χ0v) is 11.1. The highest BCUT2D eigenvalue weighted by molar-refractivity contribution is 5.72. The molecule has 17 heavy (non-hydrogen) atoms. The van der Waals surface area contributed by atoms with Crippen LogP contribution < -0.4 is 0 Å². The van der Waals surface area contributed by atoms with Gasteiger partial charge in [-0.2, -0.15) is 0 Å². The minimum absolute atomic E-state index is 0.0360. The van der Waals surface area contributed by atoms with Crippen LogP contribution in [0, 0.1) is 11.8 Å². The van der Waals surface area contributed by atoms with Crippen molar-refractivity contribution in [2.75, 3.05) is 0 Å². The van der Waals surface area contributed by atoms with Gasteiger partial charge in [-0.25, -0.2) is 0 Å². The second-order valence-corrected chi connectivity index (χ2v) is 4.66. The van der Waals surface area contributed by atoms with E-state index in [1.807, 2.05) is 44.2 Å². The third kappa shape index (κ3) is 3.88. The van der Waals surface area contributed by atoms with Gasteiger partial charge in [0.2, 0.25) is 0 Å². The van der Waals surface area contributed by atoms with Crippen molar-refractivity contribution in [1.82, 2.24) is 0 Å². The minimum Gasteiger partial charge on any atom is -0.458 e. The fourth-order valence-corrected chi connectivity index (χ4v) is 1.66. The molecule has 3 unspecified atom stereocenters. The molecular formula is C15H22O2. The van der Waals surface area contributed by atoms with Gasteiger partial charge in [-0.1, -0.05) is 57.5 Å². The Labute approximate surface area is 104 Å². The molecule has 0 radical (unpaired) electrons. The fourth-order valence-electron chi connectivity index (χ4n) is 1.66.